The molecule has 0 aliphatic rings. The average Bonchev–Trinajstić information content (AvgIpc) is 3.37. The van der Waals surface area contributed by atoms with Crippen molar-refractivity contribution in [3.8, 4) is 0 Å². The first kappa shape index (κ1) is 70.1. The summed E-state index contributed by atoms with van der Waals surface area (Å²) >= 11 is 0. The Kier molecular flexibility index (Phi) is 60.8. The average molecular weight is 1000 g/mol. The summed E-state index contributed by atoms with van der Waals surface area (Å²) in [4.78, 5) is 12.6. The number of hydrogen-bond donors (Lipinski definition) is 4. The van der Waals surface area contributed by atoms with Crippen LogP contribution in [0, 0.1) is 0 Å². The third kappa shape index (κ3) is 58.2. The molecule has 424 valence electrons. The lowest BCUT2D eigenvalue weighted by Crippen LogP contribution is -2.45. The fraction of sp³-hybridized carbons (Fsp3) is 0.955. The number of amides is 1. The molecule has 0 saturated heterocycles. The van der Waals surface area contributed by atoms with Gasteiger partial charge in [-0.15, -0.1) is 0 Å². The van der Waals surface area contributed by atoms with Crippen LogP contribution in [0.25, 0.3) is 0 Å². The van der Waals surface area contributed by atoms with E-state index in [1.807, 2.05) is 6.08 Å². The first-order valence-corrected chi connectivity index (χ1v) is 33.0. The first-order valence-electron chi connectivity index (χ1n) is 33.0. The van der Waals surface area contributed by atoms with Gasteiger partial charge in [-0.3, -0.25) is 4.79 Å². The van der Waals surface area contributed by atoms with Gasteiger partial charge in [0.2, 0.25) is 5.91 Å². The largest absolute Gasteiger partial charge is 0.394 e. The fourth-order valence-corrected chi connectivity index (χ4v) is 10.8. The summed E-state index contributed by atoms with van der Waals surface area (Å²) in [5.74, 6) is -0.307. The van der Waals surface area contributed by atoms with Gasteiger partial charge in [0.15, 0.2) is 0 Å². The molecule has 0 rings (SSSR count). The normalized spacial score (nSPS) is 13.1. The maximum Gasteiger partial charge on any atom is 0.222 e. The summed E-state index contributed by atoms with van der Waals surface area (Å²) in [5, 5.41) is 33.5. The Hall–Kier alpha value is -0.910. The van der Waals surface area contributed by atoms with Crippen LogP contribution in [-0.2, 0) is 4.79 Å². The van der Waals surface area contributed by atoms with E-state index in [0.29, 0.717) is 6.42 Å². The van der Waals surface area contributed by atoms with Crippen LogP contribution in [0.5, 0.6) is 0 Å². The number of aliphatic hydroxyl groups is 3. The molecule has 0 spiro atoms. The molecule has 5 heteroatoms. The molecule has 1 amide bonds. The number of carbonyl (C=O) groups is 1. The van der Waals surface area contributed by atoms with Crippen molar-refractivity contribution in [2.45, 2.75) is 398 Å². The molecule has 0 saturated carbocycles. The minimum absolute atomic E-state index is 0.0197. The Labute approximate surface area is 446 Å². The Bertz CT molecular complexity index is 1020. The number of rotatable bonds is 62. The van der Waals surface area contributed by atoms with Gasteiger partial charge < -0.3 is 20.6 Å². The molecular weight excluding hydrogens is 871 g/mol. The minimum atomic E-state index is -0.926. The number of nitrogens with one attached hydrogen (secondary N) is 1. The van der Waals surface area contributed by atoms with E-state index in [4.69, 9.17) is 0 Å². The molecular formula is C66H131NO4. The molecule has 0 radical (unpaired) electrons. The second kappa shape index (κ2) is 61.6. The van der Waals surface area contributed by atoms with E-state index in [0.717, 1.165) is 25.7 Å². The van der Waals surface area contributed by atoms with Crippen molar-refractivity contribution in [2.75, 3.05) is 6.61 Å². The van der Waals surface area contributed by atoms with E-state index in [1.54, 1.807) is 6.08 Å². The van der Waals surface area contributed by atoms with E-state index in [1.165, 1.54) is 327 Å². The number of carbonyl (C=O) groups excluding carboxylic acids is 1. The number of hydrogen-bond acceptors (Lipinski definition) is 4. The van der Waals surface area contributed by atoms with Crippen LogP contribution in [0.2, 0.25) is 0 Å². The Balaban J connectivity index is 3.43. The van der Waals surface area contributed by atoms with Gasteiger partial charge >= 0.3 is 0 Å². The van der Waals surface area contributed by atoms with Crippen LogP contribution in [-0.4, -0.2) is 46.1 Å². The van der Waals surface area contributed by atoms with E-state index >= 15 is 0 Å². The zero-order chi connectivity index (χ0) is 51.4. The lowest BCUT2D eigenvalue weighted by atomic mass is 10.0. The van der Waals surface area contributed by atoms with Crippen LogP contribution < -0.4 is 5.32 Å². The second-order valence-corrected chi connectivity index (χ2v) is 23.1. The smallest absolute Gasteiger partial charge is 0.222 e. The topological polar surface area (TPSA) is 89.8 Å². The van der Waals surface area contributed by atoms with Crippen molar-refractivity contribution in [1.82, 2.24) is 5.32 Å². The number of aliphatic hydroxyl groups excluding tert-OH is 3. The predicted octanol–water partition coefficient (Wildman–Crippen LogP) is 21.0. The summed E-state index contributed by atoms with van der Waals surface area (Å²) in [7, 11) is 0. The molecule has 0 heterocycles. The minimum Gasteiger partial charge on any atom is -0.394 e. The fourth-order valence-electron chi connectivity index (χ4n) is 10.8. The van der Waals surface area contributed by atoms with E-state index < -0.39 is 18.2 Å². The molecule has 0 bridgehead atoms. The highest BCUT2D eigenvalue weighted by atomic mass is 16.3. The highest BCUT2D eigenvalue weighted by Crippen LogP contribution is 2.19. The quantitative estimate of drug-likeness (QED) is 0.0361. The summed E-state index contributed by atoms with van der Waals surface area (Å²) in [5.41, 5.74) is 0. The van der Waals surface area contributed by atoms with Crippen molar-refractivity contribution in [1.29, 1.82) is 0 Å². The van der Waals surface area contributed by atoms with E-state index in [9.17, 15) is 20.1 Å². The third-order valence-electron chi connectivity index (χ3n) is 15.8. The molecule has 0 aromatic heterocycles. The summed E-state index contributed by atoms with van der Waals surface area (Å²) in [6.07, 6.45) is 78.9. The molecule has 3 unspecified atom stereocenters. The van der Waals surface area contributed by atoms with Crippen molar-refractivity contribution in [3.63, 3.8) is 0 Å². The molecule has 71 heavy (non-hydrogen) atoms. The highest BCUT2D eigenvalue weighted by molar-refractivity contribution is 5.76. The molecule has 0 aliphatic heterocycles. The van der Waals surface area contributed by atoms with Gasteiger partial charge in [0, 0.05) is 0 Å². The van der Waals surface area contributed by atoms with Crippen molar-refractivity contribution in [2.24, 2.45) is 0 Å². The van der Waals surface area contributed by atoms with Gasteiger partial charge in [-0.2, -0.15) is 0 Å². The molecule has 0 aliphatic carbocycles. The second-order valence-electron chi connectivity index (χ2n) is 23.1. The Morgan fingerprint density at radius 3 is 0.817 bits per heavy atom. The molecule has 4 N–H and O–H groups in total. The van der Waals surface area contributed by atoms with Gasteiger partial charge in [0.1, 0.15) is 0 Å². The third-order valence-corrected chi connectivity index (χ3v) is 15.8. The first-order chi connectivity index (χ1) is 35.0. The van der Waals surface area contributed by atoms with E-state index in [-0.39, 0.29) is 18.9 Å². The van der Waals surface area contributed by atoms with Crippen LogP contribution >= 0.6 is 0 Å². The predicted molar refractivity (Wildman–Crippen MR) is 315 cm³/mol. The van der Waals surface area contributed by atoms with Gasteiger partial charge in [0.05, 0.1) is 31.3 Å². The van der Waals surface area contributed by atoms with Crippen LogP contribution in [0.1, 0.15) is 380 Å². The van der Waals surface area contributed by atoms with Crippen molar-refractivity contribution in [3.05, 3.63) is 12.2 Å². The Morgan fingerprint density at radius 1 is 0.352 bits per heavy atom. The summed E-state index contributed by atoms with van der Waals surface area (Å²) in [6, 6.07) is -0.742. The maximum absolute atomic E-state index is 12.6. The lowest BCUT2D eigenvalue weighted by molar-refractivity contribution is -0.124. The van der Waals surface area contributed by atoms with Gasteiger partial charge in [-0.25, -0.2) is 0 Å². The van der Waals surface area contributed by atoms with Crippen molar-refractivity contribution < 1.29 is 20.1 Å². The van der Waals surface area contributed by atoms with Gasteiger partial charge in [-0.1, -0.05) is 366 Å². The van der Waals surface area contributed by atoms with Crippen LogP contribution in [0.15, 0.2) is 12.2 Å². The molecule has 0 aromatic carbocycles. The maximum atomic E-state index is 12.6. The molecule has 3 atom stereocenters. The Morgan fingerprint density at radius 2 is 0.577 bits per heavy atom. The van der Waals surface area contributed by atoms with Gasteiger partial charge in [-0.05, 0) is 19.3 Å². The van der Waals surface area contributed by atoms with Crippen molar-refractivity contribution >= 4 is 5.91 Å². The summed E-state index contributed by atoms with van der Waals surface area (Å²) in [6.45, 7) is 4.26. The zero-order valence-corrected chi connectivity index (χ0v) is 48.6. The highest BCUT2D eigenvalue weighted by Gasteiger charge is 2.20. The van der Waals surface area contributed by atoms with Crippen LogP contribution in [0.4, 0.5) is 0 Å². The number of unbranched alkanes of at least 4 members (excludes halogenated alkanes) is 53. The summed E-state index contributed by atoms with van der Waals surface area (Å²) < 4.78 is 0. The molecule has 5 nitrogen and oxygen atoms in total. The molecule has 0 fully saturated rings. The zero-order valence-electron chi connectivity index (χ0n) is 48.6. The standard InChI is InChI=1S/C66H131NO4/c1-3-5-7-9-11-13-15-17-19-21-23-24-25-26-27-28-29-30-31-32-33-34-35-36-37-38-39-40-42-43-45-47-49-51-53-55-57-59-63(69)61-66(71)67-64(62-68)65(70)60-58-56-54-52-50-48-46-44-41-22-20-18-16-14-12-10-8-6-4-2/h58,60,63-65,68-70H,3-57,59,61-62H2,1-2H3,(H,67,71)/b60-58+. The van der Waals surface area contributed by atoms with E-state index in [2.05, 4.69) is 19.2 Å². The van der Waals surface area contributed by atoms with Crippen LogP contribution in [0.3, 0.4) is 0 Å². The number of allylic oxidation sites excluding steroid dienone is 1. The molecule has 0 aromatic rings. The van der Waals surface area contributed by atoms with Gasteiger partial charge in [0.25, 0.3) is 0 Å². The monoisotopic (exact) mass is 1000 g/mol. The lowest BCUT2D eigenvalue weighted by Gasteiger charge is -2.21. The SMILES string of the molecule is CCCCCCCCCCCCCCCCCCC/C=C/C(O)C(CO)NC(=O)CC(O)CCCCCCCCCCCCCCCCCCCCCCCCCCCCCCCCCCCCCCC.